The molecule has 0 aliphatic rings. The molecule has 0 saturated heterocycles. The van der Waals surface area contributed by atoms with E-state index in [-0.39, 0.29) is 3.70 Å². The summed E-state index contributed by atoms with van der Waals surface area (Å²) < 4.78 is 48.4. The predicted molar refractivity (Wildman–Crippen MR) is 41.8 cm³/mol. The summed E-state index contributed by atoms with van der Waals surface area (Å²) in [6.45, 7) is 0. The Kier molecular flexibility index (Phi) is 2.86. The van der Waals surface area contributed by atoms with E-state index in [2.05, 4.69) is 4.98 Å². The van der Waals surface area contributed by atoms with Crippen molar-refractivity contribution in [3.8, 4) is 0 Å². The van der Waals surface area contributed by atoms with Gasteiger partial charge in [-0.05, 0) is 22.6 Å². The highest BCUT2D eigenvalue weighted by atomic mass is 127. The maximum absolute atomic E-state index is 12.5. The molecule has 0 bridgehead atoms. The van der Waals surface area contributed by atoms with E-state index in [1.54, 1.807) is 0 Å². The standard InChI is InChI=1S/C6H2F4IN/c7-2-1-3(5(9)10)12-6(11)4(2)8/h1,5H. The van der Waals surface area contributed by atoms with Gasteiger partial charge in [-0.1, -0.05) is 0 Å². The van der Waals surface area contributed by atoms with Crippen LogP contribution in [0.5, 0.6) is 0 Å². The summed E-state index contributed by atoms with van der Waals surface area (Å²) in [6, 6.07) is 0.391. The number of pyridine rings is 1. The Balaban J connectivity index is 3.21. The van der Waals surface area contributed by atoms with Crippen LogP contribution in [0.25, 0.3) is 0 Å². The first kappa shape index (κ1) is 9.69. The average molecular weight is 291 g/mol. The molecule has 0 fully saturated rings. The third-order valence-corrected chi connectivity index (χ3v) is 1.83. The van der Waals surface area contributed by atoms with Crippen molar-refractivity contribution in [3.63, 3.8) is 0 Å². The van der Waals surface area contributed by atoms with Gasteiger partial charge in [0.25, 0.3) is 6.43 Å². The molecule has 0 radical (unpaired) electrons. The van der Waals surface area contributed by atoms with Crippen molar-refractivity contribution >= 4 is 22.6 Å². The summed E-state index contributed by atoms with van der Waals surface area (Å²) in [5.41, 5.74) is -0.752. The molecule has 1 aromatic rings. The molecule has 1 aromatic heterocycles. The highest BCUT2D eigenvalue weighted by Crippen LogP contribution is 2.20. The fraction of sp³-hybridized carbons (Fsp3) is 0.167. The van der Waals surface area contributed by atoms with Crippen molar-refractivity contribution in [3.05, 3.63) is 27.1 Å². The molecule has 0 unspecified atom stereocenters. The maximum atomic E-state index is 12.5. The van der Waals surface area contributed by atoms with E-state index in [4.69, 9.17) is 0 Å². The predicted octanol–water partition coefficient (Wildman–Crippen LogP) is 2.90. The average Bonchev–Trinajstić information content (AvgIpc) is 1.99. The molecule has 66 valence electrons. The molecule has 0 aromatic carbocycles. The Morgan fingerprint density at radius 1 is 1.33 bits per heavy atom. The Hall–Kier alpha value is -0.400. The molecule has 0 aliphatic carbocycles. The van der Waals surface area contributed by atoms with Gasteiger partial charge in [-0.3, -0.25) is 0 Å². The molecule has 0 N–H and O–H groups in total. The Morgan fingerprint density at radius 3 is 2.33 bits per heavy atom. The van der Waals surface area contributed by atoms with Crippen LogP contribution in [0.2, 0.25) is 0 Å². The normalized spacial score (nSPS) is 10.8. The molecule has 0 spiro atoms. The lowest BCUT2D eigenvalue weighted by molar-refractivity contribution is 0.145. The van der Waals surface area contributed by atoms with Crippen LogP contribution in [-0.4, -0.2) is 4.98 Å². The number of halogens is 5. The van der Waals surface area contributed by atoms with E-state index in [9.17, 15) is 17.6 Å². The van der Waals surface area contributed by atoms with Crippen LogP contribution >= 0.6 is 22.6 Å². The third-order valence-electron chi connectivity index (χ3n) is 1.12. The maximum Gasteiger partial charge on any atom is 0.280 e. The molecular weight excluding hydrogens is 289 g/mol. The lowest BCUT2D eigenvalue weighted by Gasteiger charge is -2.00. The molecule has 0 amide bonds. The van der Waals surface area contributed by atoms with Crippen molar-refractivity contribution in [2.75, 3.05) is 0 Å². The van der Waals surface area contributed by atoms with Crippen LogP contribution in [0, 0.1) is 15.3 Å². The number of rotatable bonds is 1. The van der Waals surface area contributed by atoms with Gasteiger partial charge in [-0.2, -0.15) is 0 Å². The minimum absolute atomic E-state index is 0.386. The van der Waals surface area contributed by atoms with Crippen LogP contribution in [0.15, 0.2) is 6.07 Å². The van der Waals surface area contributed by atoms with E-state index in [0.717, 1.165) is 0 Å². The summed E-state index contributed by atoms with van der Waals surface area (Å²) in [4.78, 5) is 3.15. The van der Waals surface area contributed by atoms with Crippen LogP contribution in [0.3, 0.4) is 0 Å². The Labute approximate surface area is 78.9 Å². The number of alkyl halides is 2. The van der Waals surface area contributed by atoms with E-state index < -0.39 is 23.8 Å². The van der Waals surface area contributed by atoms with Gasteiger partial charge >= 0.3 is 0 Å². The van der Waals surface area contributed by atoms with Gasteiger partial charge in [0.15, 0.2) is 11.6 Å². The lowest BCUT2D eigenvalue weighted by Crippen LogP contribution is -1.99. The molecule has 0 atom stereocenters. The summed E-state index contributed by atoms with van der Waals surface area (Å²) in [5.74, 6) is -2.50. The summed E-state index contributed by atoms with van der Waals surface area (Å²) in [5, 5.41) is 0. The molecular formula is C6H2F4IN. The van der Waals surface area contributed by atoms with Crippen molar-refractivity contribution < 1.29 is 17.6 Å². The Morgan fingerprint density at radius 2 is 1.92 bits per heavy atom. The number of nitrogens with zero attached hydrogens (tertiary/aromatic N) is 1. The zero-order valence-corrected chi connectivity index (χ0v) is 7.65. The zero-order chi connectivity index (χ0) is 9.30. The molecule has 1 nitrogen and oxygen atoms in total. The van der Waals surface area contributed by atoms with Crippen LogP contribution in [-0.2, 0) is 0 Å². The van der Waals surface area contributed by atoms with Gasteiger partial charge in [0.2, 0.25) is 0 Å². The first-order valence-corrected chi connectivity index (χ1v) is 3.90. The van der Waals surface area contributed by atoms with Gasteiger partial charge in [0, 0.05) is 6.07 Å². The summed E-state index contributed by atoms with van der Waals surface area (Å²) in [7, 11) is 0. The highest BCUT2D eigenvalue weighted by molar-refractivity contribution is 14.1. The first-order valence-electron chi connectivity index (χ1n) is 2.82. The second-order valence-corrected chi connectivity index (χ2v) is 2.96. The molecule has 12 heavy (non-hydrogen) atoms. The van der Waals surface area contributed by atoms with Gasteiger partial charge in [0.05, 0.1) is 0 Å². The SMILES string of the molecule is Fc1cc(C(F)F)nc(I)c1F. The van der Waals surface area contributed by atoms with Crippen molar-refractivity contribution in [2.45, 2.75) is 6.43 Å². The monoisotopic (exact) mass is 291 g/mol. The van der Waals surface area contributed by atoms with Crippen LogP contribution < -0.4 is 0 Å². The molecule has 1 heterocycles. The molecule has 0 aliphatic heterocycles. The molecule has 0 saturated carbocycles. The van der Waals surface area contributed by atoms with E-state index >= 15 is 0 Å². The number of hydrogen-bond acceptors (Lipinski definition) is 1. The van der Waals surface area contributed by atoms with Crippen molar-refractivity contribution in [1.82, 2.24) is 4.98 Å². The van der Waals surface area contributed by atoms with Crippen LogP contribution in [0.1, 0.15) is 12.1 Å². The van der Waals surface area contributed by atoms with Crippen LogP contribution in [0.4, 0.5) is 17.6 Å². The molecule has 6 heteroatoms. The first-order chi connectivity index (χ1) is 5.52. The van der Waals surface area contributed by atoms with Crippen molar-refractivity contribution in [1.29, 1.82) is 0 Å². The minimum atomic E-state index is -2.88. The third kappa shape index (κ3) is 1.85. The Bertz CT molecular complexity index is 279. The second-order valence-electron chi connectivity index (χ2n) is 1.93. The largest absolute Gasteiger partial charge is 0.280 e. The topological polar surface area (TPSA) is 12.9 Å². The van der Waals surface area contributed by atoms with E-state index in [1.165, 1.54) is 22.6 Å². The number of hydrogen-bond donors (Lipinski definition) is 0. The number of aromatic nitrogens is 1. The lowest BCUT2D eigenvalue weighted by atomic mass is 10.3. The summed E-state index contributed by atoms with van der Waals surface area (Å²) >= 11 is 1.35. The van der Waals surface area contributed by atoms with Gasteiger partial charge in [-0.25, -0.2) is 22.5 Å². The quantitative estimate of drug-likeness (QED) is 0.440. The molecule has 1 rings (SSSR count). The fourth-order valence-corrected chi connectivity index (χ4v) is 1.13. The van der Waals surface area contributed by atoms with E-state index in [1.807, 2.05) is 0 Å². The highest BCUT2D eigenvalue weighted by Gasteiger charge is 2.15. The zero-order valence-electron chi connectivity index (χ0n) is 5.49. The second kappa shape index (κ2) is 3.55. The fourth-order valence-electron chi connectivity index (χ4n) is 0.598. The smallest absolute Gasteiger partial charge is 0.238 e. The van der Waals surface area contributed by atoms with E-state index in [0.29, 0.717) is 6.07 Å². The summed E-state index contributed by atoms with van der Waals surface area (Å²) in [6.07, 6.45) is -2.88. The van der Waals surface area contributed by atoms with Gasteiger partial charge in [-0.15, -0.1) is 0 Å². The van der Waals surface area contributed by atoms with Gasteiger partial charge < -0.3 is 0 Å². The van der Waals surface area contributed by atoms with Gasteiger partial charge in [0.1, 0.15) is 9.39 Å². The van der Waals surface area contributed by atoms with Crippen molar-refractivity contribution in [2.24, 2.45) is 0 Å². The minimum Gasteiger partial charge on any atom is -0.238 e.